The van der Waals surface area contributed by atoms with Crippen LogP contribution < -0.4 is 5.73 Å². The number of nitrogen functional groups attached to an aromatic ring is 1. The molecule has 0 saturated heterocycles. The first kappa shape index (κ1) is 13.6. The highest BCUT2D eigenvalue weighted by molar-refractivity contribution is 5.87. The number of anilines is 1. The number of imidazole rings is 1. The first-order chi connectivity index (χ1) is 10.3. The van der Waals surface area contributed by atoms with Crippen molar-refractivity contribution in [3.63, 3.8) is 0 Å². The number of benzene rings is 2. The summed E-state index contributed by atoms with van der Waals surface area (Å²) in [5, 5.41) is 0. The topological polar surface area (TPSA) is 53.1 Å². The molecule has 2 aromatic carbocycles. The molecule has 108 valence electrons. The molecule has 4 heteroatoms. The van der Waals surface area contributed by atoms with Crippen LogP contribution in [0.5, 0.6) is 0 Å². The molecule has 0 aliphatic heterocycles. The Balaban J connectivity index is 1.93. The van der Waals surface area contributed by atoms with E-state index in [1.54, 1.807) is 7.11 Å². The van der Waals surface area contributed by atoms with Crippen molar-refractivity contribution >= 4 is 16.7 Å². The van der Waals surface area contributed by atoms with Gasteiger partial charge >= 0.3 is 0 Å². The lowest BCUT2D eigenvalue weighted by Crippen LogP contribution is -2.06. The first-order valence-electron chi connectivity index (χ1n) is 7.06. The molecule has 4 nitrogen and oxygen atoms in total. The van der Waals surface area contributed by atoms with E-state index in [0.29, 0.717) is 12.4 Å². The van der Waals surface area contributed by atoms with Gasteiger partial charge in [-0.3, -0.25) is 0 Å². The van der Waals surface area contributed by atoms with Gasteiger partial charge in [-0.05, 0) is 24.1 Å². The van der Waals surface area contributed by atoms with Crippen molar-refractivity contribution in [2.24, 2.45) is 0 Å². The summed E-state index contributed by atoms with van der Waals surface area (Å²) in [6.45, 7) is 0.490. The predicted molar refractivity (Wildman–Crippen MR) is 85.0 cm³/mol. The monoisotopic (exact) mass is 281 g/mol. The molecule has 0 bridgehead atoms. The molecule has 0 radical (unpaired) electrons. The molecule has 1 aromatic heterocycles. The number of hydrogen-bond donors (Lipinski definition) is 1. The van der Waals surface area contributed by atoms with E-state index in [4.69, 9.17) is 15.5 Å². The van der Waals surface area contributed by atoms with Gasteiger partial charge < -0.3 is 15.0 Å². The van der Waals surface area contributed by atoms with Crippen molar-refractivity contribution < 1.29 is 4.74 Å². The largest absolute Gasteiger partial charge is 0.397 e. The summed E-state index contributed by atoms with van der Waals surface area (Å²) < 4.78 is 7.40. The Morgan fingerprint density at radius 3 is 2.62 bits per heavy atom. The van der Waals surface area contributed by atoms with Crippen LogP contribution >= 0.6 is 0 Å². The second kappa shape index (κ2) is 5.97. The van der Waals surface area contributed by atoms with Crippen molar-refractivity contribution in [3.8, 4) is 0 Å². The normalized spacial score (nSPS) is 11.1. The van der Waals surface area contributed by atoms with Gasteiger partial charge in [0.05, 0.1) is 11.2 Å². The van der Waals surface area contributed by atoms with Gasteiger partial charge in [-0.25, -0.2) is 4.98 Å². The summed E-state index contributed by atoms with van der Waals surface area (Å²) in [5.41, 5.74) is 9.93. The maximum Gasteiger partial charge on any atom is 0.124 e. The van der Waals surface area contributed by atoms with E-state index in [0.717, 1.165) is 29.7 Å². The van der Waals surface area contributed by atoms with E-state index in [1.165, 1.54) is 5.56 Å². The number of rotatable bonds is 5. The van der Waals surface area contributed by atoms with Crippen LogP contribution in [0.2, 0.25) is 0 Å². The Morgan fingerprint density at radius 1 is 1.05 bits per heavy atom. The van der Waals surface area contributed by atoms with Crippen LogP contribution in [-0.4, -0.2) is 16.7 Å². The number of aryl methyl sites for hydroxylation is 2. The zero-order valence-corrected chi connectivity index (χ0v) is 12.1. The van der Waals surface area contributed by atoms with Gasteiger partial charge in [0, 0.05) is 13.5 Å². The lowest BCUT2D eigenvalue weighted by Gasteiger charge is -2.08. The average Bonchev–Trinajstić information content (AvgIpc) is 2.86. The molecule has 0 amide bonds. The lowest BCUT2D eigenvalue weighted by molar-refractivity contribution is 0.132. The van der Waals surface area contributed by atoms with Gasteiger partial charge in [-0.1, -0.05) is 36.4 Å². The number of ether oxygens (including phenoxy) is 1. The van der Waals surface area contributed by atoms with Crippen LogP contribution in [0.4, 0.5) is 5.69 Å². The van der Waals surface area contributed by atoms with Gasteiger partial charge in [0.2, 0.25) is 0 Å². The van der Waals surface area contributed by atoms with Crippen LogP contribution in [0.15, 0.2) is 48.5 Å². The lowest BCUT2D eigenvalue weighted by atomic mass is 10.1. The minimum absolute atomic E-state index is 0.490. The smallest absolute Gasteiger partial charge is 0.124 e. The van der Waals surface area contributed by atoms with E-state index >= 15 is 0 Å². The number of hydrogen-bond acceptors (Lipinski definition) is 3. The molecular weight excluding hydrogens is 262 g/mol. The summed E-state index contributed by atoms with van der Waals surface area (Å²) in [5.74, 6) is 1.01. The van der Waals surface area contributed by atoms with E-state index in [-0.39, 0.29) is 0 Å². The van der Waals surface area contributed by atoms with Crippen LogP contribution in [0.3, 0.4) is 0 Å². The van der Waals surface area contributed by atoms with Gasteiger partial charge in [-0.15, -0.1) is 0 Å². The summed E-state index contributed by atoms with van der Waals surface area (Å²) >= 11 is 0. The Labute approximate surface area is 124 Å². The zero-order valence-electron chi connectivity index (χ0n) is 12.1. The van der Waals surface area contributed by atoms with Crippen LogP contribution in [0, 0.1) is 0 Å². The van der Waals surface area contributed by atoms with E-state index in [9.17, 15) is 0 Å². The number of fused-ring (bicyclic) bond motifs is 1. The van der Waals surface area contributed by atoms with E-state index < -0.39 is 0 Å². The molecule has 0 aliphatic rings. The molecule has 0 saturated carbocycles. The fourth-order valence-corrected chi connectivity index (χ4v) is 2.58. The third-order valence-corrected chi connectivity index (χ3v) is 3.63. The molecule has 21 heavy (non-hydrogen) atoms. The molecule has 3 rings (SSSR count). The first-order valence-corrected chi connectivity index (χ1v) is 7.06. The molecule has 0 unspecified atom stereocenters. The Hall–Kier alpha value is -2.33. The van der Waals surface area contributed by atoms with E-state index in [2.05, 4.69) is 28.8 Å². The molecule has 0 fully saturated rings. The summed E-state index contributed by atoms with van der Waals surface area (Å²) in [4.78, 5) is 4.70. The number of aromatic nitrogens is 2. The maximum absolute atomic E-state index is 6.03. The predicted octanol–water partition coefficient (Wildman–Crippen LogP) is 3.01. The van der Waals surface area contributed by atoms with Crippen molar-refractivity contribution in [3.05, 3.63) is 59.9 Å². The molecule has 3 aromatic rings. The molecule has 0 aliphatic carbocycles. The Kier molecular flexibility index (Phi) is 3.88. The average molecular weight is 281 g/mol. The number of para-hydroxylation sites is 1. The Morgan fingerprint density at radius 2 is 1.86 bits per heavy atom. The fraction of sp³-hybridized carbons (Fsp3) is 0.235. The fourth-order valence-electron chi connectivity index (χ4n) is 2.58. The van der Waals surface area contributed by atoms with Crippen molar-refractivity contribution in [1.29, 1.82) is 0 Å². The zero-order chi connectivity index (χ0) is 14.7. The summed E-state index contributed by atoms with van der Waals surface area (Å²) in [6, 6.07) is 16.3. The van der Waals surface area contributed by atoms with Gasteiger partial charge in [-0.2, -0.15) is 0 Å². The van der Waals surface area contributed by atoms with Crippen molar-refractivity contribution in [2.75, 3.05) is 12.8 Å². The van der Waals surface area contributed by atoms with Crippen LogP contribution in [0.1, 0.15) is 11.4 Å². The third kappa shape index (κ3) is 2.76. The quantitative estimate of drug-likeness (QED) is 0.731. The molecule has 0 atom stereocenters. The Bertz CT molecular complexity index is 734. The maximum atomic E-state index is 6.03. The second-order valence-corrected chi connectivity index (χ2v) is 5.07. The van der Waals surface area contributed by atoms with Gasteiger partial charge in [0.1, 0.15) is 18.1 Å². The molecule has 0 spiro atoms. The highest BCUT2D eigenvalue weighted by Gasteiger charge is 2.12. The SMILES string of the molecule is COCn1c(CCc2ccccc2)nc2c(N)cccc21. The van der Waals surface area contributed by atoms with E-state index in [1.807, 2.05) is 24.3 Å². The highest BCUT2D eigenvalue weighted by Crippen LogP contribution is 2.22. The molecular formula is C17H19N3O. The minimum Gasteiger partial charge on any atom is -0.397 e. The molecule has 2 N–H and O–H groups in total. The number of nitrogens with two attached hydrogens (primary N) is 1. The summed E-state index contributed by atoms with van der Waals surface area (Å²) in [7, 11) is 1.69. The van der Waals surface area contributed by atoms with Gasteiger partial charge in [0.25, 0.3) is 0 Å². The number of nitrogens with zero attached hydrogens (tertiary/aromatic N) is 2. The highest BCUT2D eigenvalue weighted by atomic mass is 16.5. The molecule has 1 heterocycles. The van der Waals surface area contributed by atoms with Gasteiger partial charge in [0.15, 0.2) is 0 Å². The van der Waals surface area contributed by atoms with Crippen LogP contribution in [0.25, 0.3) is 11.0 Å². The van der Waals surface area contributed by atoms with Crippen molar-refractivity contribution in [1.82, 2.24) is 9.55 Å². The van der Waals surface area contributed by atoms with Crippen LogP contribution in [-0.2, 0) is 24.3 Å². The minimum atomic E-state index is 0.490. The summed E-state index contributed by atoms with van der Waals surface area (Å²) in [6.07, 6.45) is 1.81. The number of methoxy groups -OCH3 is 1. The standard InChI is InChI=1S/C17H19N3O/c1-21-12-20-15-9-5-8-14(18)17(15)19-16(20)11-10-13-6-3-2-4-7-13/h2-9H,10-12,18H2,1H3. The third-order valence-electron chi connectivity index (χ3n) is 3.63. The van der Waals surface area contributed by atoms with Crippen molar-refractivity contribution in [2.45, 2.75) is 19.6 Å². The second-order valence-electron chi connectivity index (χ2n) is 5.07.